The second-order valence-corrected chi connectivity index (χ2v) is 8.66. The molecule has 1 aromatic heterocycles. The average Bonchev–Trinajstić information content (AvgIpc) is 3.18. The van der Waals surface area contributed by atoms with Crippen molar-refractivity contribution in [1.29, 1.82) is 0 Å². The molecule has 31 heavy (non-hydrogen) atoms. The topological polar surface area (TPSA) is 80.2 Å². The molecule has 162 valence electrons. The molecule has 0 unspecified atom stereocenters. The molecule has 8 heteroatoms. The molecule has 1 amide bonds. The monoisotopic (exact) mass is 441 g/mol. The maximum atomic E-state index is 14.5. The smallest absolute Gasteiger partial charge is 0.268 e. The van der Waals surface area contributed by atoms with Crippen LogP contribution in [0.2, 0.25) is 0 Å². The number of nitrogens with zero attached hydrogens (tertiary/aromatic N) is 1. The number of rotatable bonds is 8. The van der Waals surface area contributed by atoms with Gasteiger partial charge in [0.1, 0.15) is 5.82 Å². The van der Waals surface area contributed by atoms with Gasteiger partial charge in [0.05, 0.1) is 10.6 Å². The number of benzene rings is 2. The fourth-order valence-electron chi connectivity index (χ4n) is 3.16. The van der Waals surface area contributed by atoms with E-state index >= 15 is 0 Å². The van der Waals surface area contributed by atoms with Crippen molar-refractivity contribution in [3.63, 3.8) is 0 Å². The van der Waals surface area contributed by atoms with E-state index in [0.29, 0.717) is 24.2 Å². The molecule has 1 heterocycles. The summed E-state index contributed by atoms with van der Waals surface area (Å²) in [4.78, 5) is 11.7. The van der Waals surface area contributed by atoms with Crippen molar-refractivity contribution in [3.8, 4) is 11.3 Å². The van der Waals surface area contributed by atoms with Gasteiger partial charge in [-0.15, -0.1) is 0 Å². The minimum atomic E-state index is -4.02. The third-order valence-electron chi connectivity index (χ3n) is 4.57. The lowest BCUT2D eigenvalue weighted by Gasteiger charge is -2.12. The maximum absolute atomic E-state index is 14.5. The molecule has 3 rings (SSSR count). The highest BCUT2D eigenvalue weighted by Gasteiger charge is 2.23. The average molecular weight is 442 g/mol. The van der Waals surface area contributed by atoms with Crippen molar-refractivity contribution in [1.82, 2.24) is 14.6 Å². The summed E-state index contributed by atoms with van der Waals surface area (Å²) in [7, 11) is -2.27. The van der Waals surface area contributed by atoms with Crippen LogP contribution in [-0.4, -0.2) is 31.9 Å². The van der Waals surface area contributed by atoms with Gasteiger partial charge in [-0.3, -0.25) is 4.79 Å². The van der Waals surface area contributed by atoms with Crippen molar-refractivity contribution in [2.45, 2.75) is 18.4 Å². The predicted molar refractivity (Wildman–Crippen MR) is 119 cm³/mol. The third-order valence-corrected chi connectivity index (χ3v) is 6.24. The van der Waals surface area contributed by atoms with Crippen molar-refractivity contribution in [3.05, 3.63) is 83.8 Å². The lowest BCUT2D eigenvalue weighted by molar-refractivity contribution is -0.116. The van der Waals surface area contributed by atoms with Gasteiger partial charge in [0.15, 0.2) is 0 Å². The van der Waals surface area contributed by atoms with Crippen molar-refractivity contribution in [2.24, 2.45) is 0 Å². The summed E-state index contributed by atoms with van der Waals surface area (Å²) in [5.41, 5.74) is 1.70. The summed E-state index contributed by atoms with van der Waals surface area (Å²) in [6, 6.07) is 14.0. The molecule has 0 saturated carbocycles. The summed E-state index contributed by atoms with van der Waals surface area (Å²) in [6.45, 7) is 2.74. The molecule has 2 N–H and O–H groups in total. The van der Waals surface area contributed by atoms with Crippen LogP contribution in [0.5, 0.6) is 0 Å². The van der Waals surface area contributed by atoms with Gasteiger partial charge in [0.25, 0.3) is 10.0 Å². The number of hydrogen-bond acceptors (Lipinski definition) is 4. The van der Waals surface area contributed by atoms with E-state index in [1.165, 1.54) is 30.5 Å². The van der Waals surface area contributed by atoms with Crippen LogP contribution in [0, 0.1) is 5.82 Å². The second kappa shape index (κ2) is 9.72. The first kappa shape index (κ1) is 22.5. The maximum Gasteiger partial charge on any atom is 0.268 e. The normalized spacial score (nSPS) is 11.7. The Balaban J connectivity index is 2.07. The molecular formula is C23H24FN3O3S. The molecule has 0 radical (unpaired) electrons. The Morgan fingerprint density at radius 1 is 1.13 bits per heavy atom. The molecule has 0 saturated heterocycles. The summed E-state index contributed by atoms with van der Waals surface area (Å²) in [6.07, 6.45) is 4.38. The number of amides is 1. The Morgan fingerprint density at radius 3 is 2.61 bits per heavy atom. The Morgan fingerprint density at radius 2 is 1.90 bits per heavy atom. The fraction of sp³-hybridized carbons (Fsp3) is 0.174. The largest absolute Gasteiger partial charge is 0.353 e. The van der Waals surface area contributed by atoms with Crippen LogP contribution in [0.25, 0.3) is 17.3 Å². The van der Waals surface area contributed by atoms with E-state index < -0.39 is 15.8 Å². The highest BCUT2D eigenvalue weighted by molar-refractivity contribution is 7.90. The van der Waals surface area contributed by atoms with Crippen LogP contribution >= 0.6 is 0 Å². The summed E-state index contributed by atoms with van der Waals surface area (Å²) in [5, 5.41) is 5.62. The number of aromatic nitrogens is 1. The fourth-order valence-corrected chi connectivity index (χ4v) is 4.61. The molecule has 0 atom stereocenters. The van der Waals surface area contributed by atoms with E-state index in [9.17, 15) is 17.6 Å². The first-order valence-corrected chi connectivity index (χ1v) is 11.2. The van der Waals surface area contributed by atoms with Crippen LogP contribution in [0.1, 0.15) is 18.1 Å². The molecule has 6 nitrogen and oxygen atoms in total. The van der Waals surface area contributed by atoms with E-state index in [2.05, 4.69) is 10.6 Å². The first-order valence-electron chi connectivity index (χ1n) is 9.79. The molecular weight excluding hydrogens is 417 g/mol. The van der Waals surface area contributed by atoms with Crippen molar-refractivity contribution in [2.75, 3.05) is 13.6 Å². The quantitative estimate of drug-likeness (QED) is 0.525. The number of carbonyl (C=O) groups is 1. The highest BCUT2D eigenvalue weighted by Crippen LogP contribution is 2.29. The zero-order valence-electron chi connectivity index (χ0n) is 17.3. The predicted octanol–water partition coefficient (Wildman–Crippen LogP) is 3.40. The Hall–Kier alpha value is -3.23. The first-order chi connectivity index (χ1) is 14.9. The highest BCUT2D eigenvalue weighted by atomic mass is 32.2. The third kappa shape index (κ3) is 5.10. The molecule has 0 aliphatic heterocycles. The summed E-state index contributed by atoms with van der Waals surface area (Å²) < 4.78 is 42.5. The number of hydrogen-bond donors (Lipinski definition) is 2. The van der Waals surface area contributed by atoms with Crippen LogP contribution in [0.15, 0.2) is 71.8 Å². The molecule has 0 aliphatic rings. The molecule has 2 aromatic carbocycles. The number of likely N-dealkylation sites (N-methyl/N-ethyl adjacent to an activating group) is 1. The van der Waals surface area contributed by atoms with Gasteiger partial charge in [-0.05, 0) is 61.5 Å². The zero-order valence-corrected chi connectivity index (χ0v) is 18.1. The van der Waals surface area contributed by atoms with Gasteiger partial charge in [0, 0.05) is 30.9 Å². The molecule has 0 fully saturated rings. The van der Waals surface area contributed by atoms with Crippen LogP contribution in [-0.2, 0) is 21.4 Å². The number of carbonyl (C=O) groups excluding carboxylic acids is 1. The zero-order chi connectivity index (χ0) is 22.4. The van der Waals surface area contributed by atoms with Crippen molar-refractivity contribution < 1.29 is 17.6 Å². The summed E-state index contributed by atoms with van der Waals surface area (Å²) in [5.74, 6) is -0.772. The Kier molecular flexibility index (Phi) is 7.04. The SMILES string of the molecule is CCNC(=O)/C=C/c1cccc(S(=O)(=O)n2cc(CNC)cc2-c2ccccc2F)c1. The minimum Gasteiger partial charge on any atom is -0.353 e. The van der Waals surface area contributed by atoms with Gasteiger partial charge >= 0.3 is 0 Å². The van der Waals surface area contributed by atoms with E-state index in [-0.39, 0.29) is 22.1 Å². The van der Waals surface area contributed by atoms with Gasteiger partial charge < -0.3 is 10.6 Å². The summed E-state index contributed by atoms with van der Waals surface area (Å²) >= 11 is 0. The van der Waals surface area contributed by atoms with E-state index in [0.717, 1.165) is 3.97 Å². The van der Waals surface area contributed by atoms with E-state index in [4.69, 9.17) is 0 Å². The standard InChI is InChI=1S/C23H24FN3O3S/c1-3-26-23(28)12-11-17-7-6-8-19(13-17)31(29,30)27-16-18(15-25-2)14-22(27)20-9-4-5-10-21(20)24/h4-14,16,25H,3,15H2,1-2H3,(H,26,28)/b12-11+. The van der Waals surface area contributed by atoms with Crippen molar-refractivity contribution >= 4 is 22.0 Å². The van der Waals surface area contributed by atoms with Crippen LogP contribution < -0.4 is 10.6 Å². The lowest BCUT2D eigenvalue weighted by Crippen LogP contribution is -2.19. The minimum absolute atomic E-state index is 0.0368. The van der Waals surface area contributed by atoms with Gasteiger partial charge in [-0.25, -0.2) is 16.8 Å². The van der Waals surface area contributed by atoms with Gasteiger partial charge in [0.2, 0.25) is 5.91 Å². The van der Waals surface area contributed by atoms with Gasteiger partial charge in [-0.2, -0.15) is 0 Å². The van der Waals surface area contributed by atoms with Crippen LogP contribution in [0.4, 0.5) is 4.39 Å². The van der Waals surface area contributed by atoms with E-state index in [1.54, 1.807) is 49.5 Å². The Bertz CT molecular complexity index is 1220. The molecule has 0 spiro atoms. The van der Waals surface area contributed by atoms with Gasteiger partial charge in [-0.1, -0.05) is 24.3 Å². The lowest BCUT2D eigenvalue weighted by atomic mass is 10.1. The van der Waals surface area contributed by atoms with Crippen LogP contribution in [0.3, 0.4) is 0 Å². The molecule has 0 bridgehead atoms. The number of halogens is 1. The Labute approximate surface area is 181 Å². The van der Waals surface area contributed by atoms with E-state index in [1.807, 2.05) is 6.92 Å². The molecule has 0 aliphatic carbocycles. The second-order valence-electron chi connectivity index (χ2n) is 6.85. The number of nitrogens with one attached hydrogen (secondary N) is 2. The molecule has 3 aromatic rings.